The van der Waals surface area contributed by atoms with Crippen molar-refractivity contribution < 1.29 is 9.59 Å². The molecule has 10 nitrogen and oxygen atoms in total. The van der Waals surface area contributed by atoms with Gasteiger partial charge in [0.25, 0.3) is 0 Å². The van der Waals surface area contributed by atoms with Gasteiger partial charge in [-0.15, -0.1) is 5.10 Å². The molecule has 1 saturated carbocycles. The van der Waals surface area contributed by atoms with E-state index in [0.29, 0.717) is 23.5 Å². The van der Waals surface area contributed by atoms with Gasteiger partial charge in [0, 0.05) is 43.5 Å². The number of aromatic nitrogens is 6. The number of rotatable bonds is 8. The second-order valence-electron chi connectivity index (χ2n) is 9.32. The maximum absolute atomic E-state index is 12.1. The van der Waals surface area contributed by atoms with Gasteiger partial charge in [-0.2, -0.15) is 0 Å². The summed E-state index contributed by atoms with van der Waals surface area (Å²) in [7, 11) is 0. The number of carbonyl (C=O) groups excluding carboxylic acids is 2. The van der Waals surface area contributed by atoms with Crippen LogP contribution in [-0.2, 0) is 22.7 Å². The molecule has 6 rings (SSSR count). The highest BCUT2D eigenvalue weighted by Gasteiger charge is 2.30. The molecule has 35 heavy (non-hydrogen) atoms. The summed E-state index contributed by atoms with van der Waals surface area (Å²) in [6.07, 6.45) is 13.6. The van der Waals surface area contributed by atoms with E-state index in [4.69, 9.17) is 4.98 Å². The Balaban J connectivity index is 1.14. The predicted octanol–water partition coefficient (Wildman–Crippen LogP) is 2.58. The molecule has 5 heterocycles. The lowest BCUT2D eigenvalue weighted by atomic mass is 9.85. The summed E-state index contributed by atoms with van der Waals surface area (Å²) >= 11 is 0. The van der Waals surface area contributed by atoms with Crippen LogP contribution in [0.3, 0.4) is 0 Å². The smallest absolute Gasteiger partial charge is 0.234 e. The van der Waals surface area contributed by atoms with Crippen LogP contribution in [0.4, 0.5) is 5.69 Å². The third-order valence-corrected chi connectivity index (χ3v) is 6.74. The molecule has 0 aromatic carbocycles. The number of hydrogen-bond acceptors (Lipinski definition) is 7. The highest BCUT2D eigenvalue weighted by atomic mass is 16.2. The number of nitrogens with one attached hydrogen (secondary N) is 1. The molecule has 10 heteroatoms. The van der Waals surface area contributed by atoms with Gasteiger partial charge in [-0.1, -0.05) is 17.7 Å². The fraction of sp³-hybridized carbons (Fsp3) is 0.360. The van der Waals surface area contributed by atoms with E-state index in [1.165, 1.54) is 35.9 Å². The Bertz CT molecular complexity index is 1390. The minimum atomic E-state index is -0.207. The number of imide groups is 1. The zero-order valence-electron chi connectivity index (χ0n) is 19.3. The highest BCUT2D eigenvalue weighted by Crippen LogP contribution is 2.26. The van der Waals surface area contributed by atoms with Crippen LogP contribution in [0.25, 0.3) is 16.9 Å². The summed E-state index contributed by atoms with van der Waals surface area (Å²) in [5.41, 5.74) is 4.76. The van der Waals surface area contributed by atoms with Crippen LogP contribution in [0, 0.1) is 5.92 Å². The molecule has 2 fully saturated rings. The largest absolute Gasteiger partial charge is 0.312 e. The van der Waals surface area contributed by atoms with E-state index < -0.39 is 0 Å². The number of imidazole rings is 1. The monoisotopic (exact) mass is 470 g/mol. The first-order chi connectivity index (χ1) is 17.1. The molecular formula is C25H26N8O2. The Labute approximate surface area is 202 Å². The van der Waals surface area contributed by atoms with Gasteiger partial charge < -0.3 is 9.72 Å². The molecule has 0 atom stereocenters. The number of hydrogen-bond donors (Lipinski definition) is 1. The van der Waals surface area contributed by atoms with Crippen LogP contribution in [0.2, 0.25) is 0 Å². The van der Waals surface area contributed by atoms with Gasteiger partial charge in [0.2, 0.25) is 11.8 Å². The van der Waals surface area contributed by atoms with E-state index >= 15 is 0 Å². The highest BCUT2D eigenvalue weighted by molar-refractivity contribution is 6.19. The number of fused-ring (bicyclic) bond motifs is 1. The maximum atomic E-state index is 12.1. The molecule has 0 bridgehead atoms. The predicted molar refractivity (Wildman–Crippen MR) is 128 cm³/mol. The molecular weight excluding hydrogens is 444 g/mol. The first-order valence-electron chi connectivity index (χ1n) is 12.0. The maximum Gasteiger partial charge on any atom is 0.234 e. The first kappa shape index (κ1) is 21.6. The number of amides is 2. The summed E-state index contributed by atoms with van der Waals surface area (Å²) in [4.78, 5) is 34.2. The number of carbonyl (C=O) groups is 2. The SMILES string of the molecule is O=C1CCC(=O)N1c1cncc(-c2cn(Cc3cn4cc(CNCC5CCC5)ccc4n3)nn2)c1. The Morgan fingerprint density at radius 3 is 2.69 bits per heavy atom. The Hall–Kier alpha value is -3.92. The normalized spacial score (nSPS) is 16.4. The van der Waals surface area contributed by atoms with Gasteiger partial charge in [0.05, 0.1) is 30.3 Å². The van der Waals surface area contributed by atoms with Crippen molar-refractivity contribution in [2.45, 2.75) is 45.2 Å². The molecule has 1 aliphatic heterocycles. The number of anilines is 1. The molecule has 1 N–H and O–H groups in total. The summed E-state index contributed by atoms with van der Waals surface area (Å²) in [5.74, 6) is 0.429. The molecule has 1 aliphatic carbocycles. The van der Waals surface area contributed by atoms with Gasteiger partial charge in [-0.05, 0) is 43.0 Å². The van der Waals surface area contributed by atoms with Crippen LogP contribution >= 0.6 is 0 Å². The van der Waals surface area contributed by atoms with Crippen molar-refractivity contribution >= 4 is 23.1 Å². The average molecular weight is 471 g/mol. The molecule has 4 aromatic rings. The lowest BCUT2D eigenvalue weighted by Gasteiger charge is -2.25. The molecule has 4 aromatic heterocycles. The van der Waals surface area contributed by atoms with Crippen LogP contribution < -0.4 is 10.2 Å². The van der Waals surface area contributed by atoms with Gasteiger partial charge in [0.1, 0.15) is 11.3 Å². The van der Waals surface area contributed by atoms with E-state index in [1.807, 2.05) is 22.9 Å². The zero-order valence-corrected chi connectivity index (χ0v) is 19.3. The molecule has 2 amide bonds. The van der Waals surface area contributed by atoms with Crippen molar-refractivity contribution in [2.75, 3.05) is 11.4 Å². The second kappa shape index (κ2) is 9.03. The quantitative estimate of drug-likeness (QED) is 0.394. The molecule has 2 aliphatic rings. The zero-order chi connectivity index (χ0) is 23.8. The molecule has 1 saturated heterocycles. The van der Waals surface area contributed by atoms with E-state index in [1.54, 1.807) is 16.9 Å². The third kappa shape index (κ3) is 4.44. The summed E-state index contributed by atoms with van der Waals surface area (Å²) in [6, 6.07) is 5.89. The summed E-state index contributed by atoms with van der Waals surface area (Å²) in [5, 5.41) is 12.1. The van der Waals surface area contributed by atoms with E-state index in [0.717, 1.165) is 30.3 Å². The standard InChI is InChI=1S/C25H26N8O2/c34-24-6-7-25(35)33(24)21-8-19(11-27-12-21)22-16-32(30-29-22)15-20-14-31-13-18(4-5-23(31)28-20)10-26-9-17-2-1-3-17/h4-5,8,11-14,16-17,26H,1-3,6-7,9-10,15H2. The minimum Gasteiger partial charge on any atom is -0.312 e. The minimum absolute atomic E-state index is 0.207. The lowest BCUT2D eigenvalue weighted by Crippen LogP contribution is -2.28. The second-order valence-corrected chi connectivity index (χ2v) is 9.32. The van der Waals surface area contributed by atoms with Gasteiger partial charge >= 0.3 is 0 Å². The van der Waals surface area contributed by atoms with Crippen molar-refractivity contribution in [1.82, 2.24) is 34.7 Å². The molecule has 0 unspecified atom stereocenters. The first-order valence-corrected chi connectivity index (χ1v) is 12.0. The molecule has 0 spiro atoms. The van der Waals surface area contributed by atoms with Crippen LogP contribution in [-0.4, -0.2) is 47.7 Å². The van der Waals surface area contributed by atoms with Gasteiger partial charge in [-0.3, -0.25) is 14.6 Å². The summed E-state index contributed by atoms with van der Waals surface area (Å²) < 4.78 is 3.77. The van der Waals surface area contributed by atoms with Crippen LogP contribution in [0.5, 0.6) is 0 Å². The fourth-order valence-electron chi connectivity index (χ4n) is 4.62. The third-order valence-electron chi connectivity index (χ3n) is 6.74. The number of pyridine rings is 2. The van der Waals surface area contributed by atoms with Crippen molar-refractivity contribution in [1.29, 1.82) is 0 Å². The van der Waals surface area contributed by atoms with Crippen LogP contribution in [0.15, 0.2) is 49.2 Å². The van der Waals surface area contributed by atoms with Crippen molar-refractivity contribution in [3.05, 3.63) is 60.4 Å². The van der Waals surface area contributed by atoms with Gasteiger partial charge in [-0.25, -0.2) is 14.6 Å². The van der Waals surface area contributed by atoms with Gasteiger partial charge in [0.15, 0.2) is 0 Å². The van der Waals surface area contributed by atoms with E-state index in [2.05, 4.69) is 32.9 Å². The topological polar surface area (TPSA) is 110 Å². The molecule has 0 radical (unpaired) electrons. The Morgan fingerprint density at radius 1 is 1.03 bits per heavy atom. The summed E-state index contributed by atoms with van der Waals surface area (Å²) in [6.45, 7) is 2.42. The van der Waals surface area contributed by atoms with Crippen LogP contribution in [0.1, 0.15) is 43.4 Å². The average Bonchev–Trinajstić information content (AvgIpc) is 3.54. The van der Waals surface area contributed by atoms with Crippen molar-refractivity contribution in [3.63, 3.8) is 0 Å². The lowest BCUT2D eigenvalue weighted by molar-refractivity contribution is -0.121. The molecule has 178 valence electrons. The Kier molecular flexibility index (Phi) is 5.57. The Morgan fingerprint density at radius 2 is 1.89 bits per heavy atom. The van der Waals surface area contributed by atoms with E-state index in [9.17, 15) is 9.59 Å². The number of nitrogens with zero attached hydrogens (tertiary/aromatic N) is 7. The van der Waals surface area contributed by atoms with E-state index in [-0.39, 0.29) is 24.7 Å². The van der Waals surface area contributed by atoms with Crippen molar-refractivity contribution in [2.24, 2.45) is 5.92 Å². The van der Waals surface area contributed by atoms with Crippen molar-refractivity contribution in [3.8, 4) is 11.3 Å². The fourth-order valence-corrected chi connectivity index (χ4v) is 4.62.